The lowest BCUT2D eigenvalue weighted by atomic mass is 9.77. The van der Waals surface area contributed by atoms with Crippen LogP contribution < -0.4 is 0 Å². The first-order valence-electron chi connectivity index (χ1n) is 5.15. The molecule has 0 aliphatic heterocycles. The van der Waals surface area contributed by atoms with E-state index >= 15 is 0 Å². The summed E-state index contributed by atoms with van der Waals surface area (Å²) in [5, 5.41) is 18.1. The highest BCUT2D eigenvalue weighted by atomic mass is 16.4. The van der Waals surface area contributed by atoms with Gasteiger partial charge in [-0.05, 0) is 24.0 Å². The molecule has 4 nitrogen and oxygen atoms in total. The minimum absolute atomic E-state index is 0.392. The van der Waals surface area contributed by atoms with E-state index < -0.39 is 23.8 Å². The van der Waals surface area contributed by atoms with Crippen LogP contribution in [-0.2, 0) is 9.59 Å². The second-order valence-electron chi connectivity index (χ2n) is 3.99. The van der Waals surface area contributed by atoms with Crippen molar-refractivity contribution in [3.63, 3.8) is 0 Å². The van der Waals surface area contributed by atoms with Gasteiger partial charge in [-0.2, -0.15) is 0 Å². The maximum absolute atomic E-state index is 11.0. The molecule has 0 spiro atoms. The highest BCUT2D eigenvalue weighted by molar-refractivity contribution is 5.82. The van der Waals surface area contributed by atoms with E-state index in [1.807, 2.05) is 0 Å². The number of benzene rings is 1. The molecule has 0 radical (unpaired) electrons. The molecular formula is C12H12O4. The second kappa shape index (κ2) is 3.96. The monoisotopic (exact) mass is 220 g/mol. The van der Waals surface area contributed by atoms with Crippen molar-refractivity contribution >= 4 is 11.9 Å². The molecule has 0 bridgehead atoms. The highest BCUT2D eigenvalue weighted by Crippen LogP contribution is 2.38. The Morgan fingerprint density at radius 2 is 1.31 bits per heavy atom. The van der Waals surface area contributed by atoms with Gasteiger partial charge in [0.2, 0.25) is 0 Å². The molecule has 0 saturated heterocycles. The van der Waals surface area contributed by atoms with Crippen molar-refractivity contribution in [1.82, 2.24) is 0 Å². The van der Waals surface area contributed by atoms with Gasteiger partial charge in [0.25, 0.3) is 0 Å². The first-order valence-corrected chi connectivity index (χ1v) is 5.15. The molecule has 0 unspecified atom stereocenters. The van der Waals surface area contributed by atoms with Crippen molar-refractivity contribution in [2.75, 3.05) is 0 Å². The Hall–Kier alpha value is -1.84. The van der Waals surface area contributed by atoms with E-state index in [1.165, 1.54) is 0 Å². The van der Waals surface area contributed by atoms with Gasteiger partial charge in [0.05, 0.1) is 11.8 Å². The molecule has 84 valence electrons. The Labute approximate surface area is 92.5 Å². The molecule has 1 aliphatic rings. The summed E-state index contributed by atoms with van der Waals surface area (Å²) in [6.07, 6.45) is 0.784. The van der Waals surface area contributed by atoms with E-state index in [0.29, 0.717) is 24.0 Å². The van der Waals surface area contributed by atoms with Crippen LogP contribution >= 0.6 is 0 Å². The predicted octanol–water partition coefficient (Wildman–Crippen LogP) is 1.82. The third kappa shape index (κ3) is 1.66. The molecule has 2 N–H and O–H groups in total. The SMILES string of the molecule is O=C(O)[C@@H]1CC[C@@H](C(=O)O)c2ccccc21. The van der Waals surface area contributed by atoms with Gasteiger partial charge in [0.1, 0.15) is 0 Å². The van der Waals surface area contributed by atoms with Gasteiger partial charge in [-0.1, -0.05) is 24.3 Å². The zero-order valence-electron chi connectivity index (χ0n) is 8.59. The molecule has 0 saturated carbocycles. The van der Waals surface area contributed by atoms with E-state index in [0.717, 1.165) is 0 Å². The van der Waals surface area contributed by atoms with Crippen LogP contribution in [0.2, 0.25) is 0 Å². The summed E-state index contributed by atoms with van der Waals surface area (Å²) in [4.78, 5) is 22.1. The van der Waals surface area contributed by atoms with Crippen LogP contribution in [0, 0.1) is 0 Å². The largest absolute Gasteiger partial charge is 0.481 e. The lowest BCUT2D eigenvalue weighted by molar-refractivity contribution is -0.142. The average Bonchev–Trinajstić information content (AvgIpc) is 2.27. The summed E-state index contributed by atoms with van der Waals surface area (Å²) >= 11 is 0. The maximum atomic E-state index is 11.0. The number of rotatable bonds is 2. The number of aliphatic carboxylic acids is 2. The van der Waals surface area contributed by atoms with Crippen molar-refractivity contribution in [1.29, 1.82) is 0 Å². The van der Waals surface area contributed by atoms with Crippen molar-refractivity contribution in [3.05, 3.63) is 35.4 Å². The van der Waals surface area contributed by atoms with Gasteiger partial charge in [-0.15, -0.1) is 0 Å². The van der Waals surface area contributed by atoms with Crippen molar-refractivity contribution < 1.29 is 19.8 Å². The molecule has 1 aromatic carbocycles. The molecule has 2 rings (SSSR count). The molecule has 0 heterocycles. The summed E-state index contributed by atoms with van der Waals surface area (Å²) in [5.41, 5.74) is 1.29. The molecule has 1 aliphatic carbocycles. The van der Waals surface area contributed by atoms with Crippen molar-refractivity contribution in [2.45, 2.75) is 24.7 Å². The smallest absolute Gasteiger partial charge is 0.310 e. The highest BCUT2D eigenvalue weighted by Gasteiger charge is 2.34. The molecular weight excluding hydrogens is 208 g/mol. The quantitative estimate of drug-likeness (QED) is 0.797. The van der Waals surface area contributed by atoms with Crippen molar-refractivity contribution in [2.24, 2.45) is 0 Å². The van der Waals surface area contributed by atoms with Crippen LogP contribution in [0.25, 0.3) is 0 Å². The Kier molecular flexibility index (Phi) is 2.64. The number of carbonyl (C=O) groups is 2. The zero-order chi connectivity index (χ0) is 11.7. The third-order valence-electron chi connectivity index (χ3n) is 3.09. The van der Waals surface area contributed by atoms with Gasteiger partial charge in [-0.25, -0.2) is 0 Å². The first kappa shape index (κ1) is 10.7. The summed E-state index contributed by atoms with van der Waals surface area (Å²) in [7, 11) is 0. The molecule has 4 heteroatoms. The fourth-order valence-corrected chi connectivity index (χ4v) is 2.30. The number of hydrogen-bond donors (Lipinski definition) is 2. The molecule has 1 aromatic rings. The lowest BCUT2D eigenvalue weighted by Crippen LogP contribution is -2.24. The molecule has 2 atom stereocenters. The summed E-state index contributed by atoms with van der Waals surface area (Å²) < 4.78 is 0. The standard InChI is InChI=1S/C12H12O4/c13-11(14)9-5-6-10(12(15)16)8-4-2-1-3-7(8)9/h1-4,9-10H,5-6H2,(H,13,14)(H,15,16)/t9-,10-/m1/s1. The maximum Gasteiger partial charge on any atom is 0.310 e. The Morgan fingerprint density at radius 3 is 1.62 bits per heavy atom. The number of hydrogen-bond acceptors (Lipinski definition) is 2. The van der Waals surface area contributed by atoms with Gasteiger partial charge in [0, 0.05) is 0 Å². The first-order chi connectivity index (χ1) is 7.61. The summed E-state index contributed by atoms with van der Waals surface area (Å²) in [6.45, 7) is 0. The zero-order valence-corrected chi connectivity index (χ0v) is 8.59. The number of carboxylic acids is 2. The number of carboxylic acid groups (broad SMARTS) is 2. The second-order valence-corrected chi connectivity index (χ2v) is 3.99. The topological polar surface area (TPSA) is 74.6 Å². The minimum Gasteiger partial charge on any atom is -0.481 e. The lowest BCUT2D eigenvalue weighted by Gasteiger charge is -2.26. The Bertz CT molecular complexity index is 397. The molecule has 16 heavy (non-hydrogen) atoms. The molecule has 0 aromatic heterocycles. The normalized spacial score (nSPS) is 23.5. The van der Waals surface area contributed by atoms with Crippen LogP contribution in [0.1, 0.15) is 35.8 Å². The summed E-state index contributed by atoms with van der Waals surface area (Å²) in [5.74, 6) is -2.88. The van der Waals surface area contributed by atoms with Crippen LogP contribution in [-0.4, -0.2) is 22.2 Å². The van der Waals surface area contributed by atoms with Crippen LogP contribution in [0.4, 0.5) is 0 Å². The van der Waals surface area contributed by atoms with Gasteiger partial charge < -0.3 is 10.2 Å². The van der Waals surface area contributed by atoms with Gasteiger partial charge in [0.15, 0.2) is 0 Å². The van der Waals surface area contributed by atoms with Gasteiger partial charge in [-0.3, -0.25) is 9.59 Å². The molecule has 0 amide bonds. The Balaban J connectivity index is 2.48. The number of fused-ring (bicyclic) bond motifs is 1. The van der Waals surface area contributed by atoms with Gasteiger partial charge >= 0.3 is 11.9 Å². The summed E-state index contributed by atoms with van der Waals surface area (Å²) in [6, 6.07) is 6.92. The van der Waals surface area contributed by atoms with E-state index in [9.17, 15) is 9.59 Å². The van der Waals surface area contributed by atoms with E-state index in [2.05, 4.69) is 0 Å². The van der Waals surface area contributed by atoms with E-state index in [1.54, 1.807) is 24.3 Å². The average molecular weight is 220 g/mol. The fraction of sp³-hybridized carbons (Fsp3) is 0.333. The molecule has 0 fully saturated rings. The third-order valence-corrected chi connectivity index (χ3v) is 3.09. The van der Waals surface area contributed by atoms with Crippen LogP contribution in [0.3, 0.4) is 0 Å². The minimum atomic E-state index is -0.878. The van der Waals surface area contributed by atoms with E-state index in [-0.39, 0.29) is 0 Å². The predicted molar refractivity (Wildman–Crippen MR) is 56.4 cm³/mol. The fourth-order valence-electron chi connectivity index (χ4n) is 2.30. The Morgan fingerprint density at radius 1 is 0.938 bits per heavy atom. The van der Waals surface area contributed by atoms with E-state index in [4.69, 9.17) is 10.2 Å². The van der Waals surface area contributed by atoms with Crippen LogP contribution in [0.5, 0.6) is 0 Å². The van der Waals surface area contributed by atoms with Crippen molar-refractivity contribution in [3.8, 4) is 0 Å². The van der Waals surface area contributed by atoms with Crippen LogP contribution in [0.15, 0.2) is 24.3 Å².